The van der Waals surface area contributed by atoms with E-state index in [4.69, 9.17) is 5.11 Å². The summed E-state index contributed by atoms with van der Waals surface area (Å²) in [5, 5.41) is 11.4. The van der Waals surface area contributed by atoms with E-state index >= 15 is 0 Å². The summed E-state index contributed by atoms with van der Waals surface area (Å²) in [6, 6.07) is 6.04. The number of rotatable bonds is 7. The van der Waals surface area contributed by atoms with E-state index in [-0.39, 0.29) is 18.2 Å². The fourth-order valence-corrected chi connectivity index (χ4v) is 2.11. The van der Waals surface area contributed by atoms with Gasteiger partial charge in [0.05, 0.1) is 0 Å². The molecular weight excluding hydrogens is 322 g/mol. The second-order valence-electron chi connectivity index (χ2n) is 5.09. The molecule has 0 aliphatic rings. The highest BCUT2D eigenvalue weighted by Crippen LogP contribution is 2.17. The van der Waals surface area contributed by atoms with E-state index in [2.05, 4.69) is 27.3 Å². The van der Waals surface area contributed by atoms with Crippen LogP contribution in [0, 0.1) is 12.8 Å². The van der Waals surface area contributed by atoms with Crippen LogP contribution >= 0.6 is 15.9 Å². The molecule has 110 valence electrons. The van der Waals surface area contributed by atoms with Crippen molar-refractivity contribution in [1.29, 1.82) is 0 Å². The molecule has 1 aromatic carbocycles. The fourth-order valence-electron chi connectivity index (χ4n) is 1.87. The lowest BCUT2D eigenvalue weighted by atomic mass is 10.1. The van der Waals surface area contributed by atoms with Gasteiger partial charge in [-0.15, -0.1) is 0 Å². The Labute approximate surface area is 127 Å². The molecule has 1 aromatic rings. The van der Waals surface area contributed by atoms with Gasteiger partial charge in [-0.25, -0.2) is 0 Å². The maximum atomic E-state index is 11.7. The third-order valence-electron chi connectivity index (χ3n) is 3.03. The molecule has 0 saturated carbocycles. The Morgan fingerprint density at radius 1 is 1.40 bits per heavy atom. The van der Waals surface area contributed by atoms with Crippen LogP contribution in [0.5, 0.6) is 0 Å². The standard InChI is InChI=1S/C15H20BrNO3/c1-10(7-15(19)20)9-17-14(18)6-4-12-3-5-13(16)11(2)8-12/h3,5,8,10H,4,6-7,9H2,1-2H3,(H,17,18)(H,19,20). The third kappa shape index (κ3) is 6.19. The predicted molar refractivity (Wildman–Crippen MR) is 81.6 cm³/mol. The van der Waals surface area contributed by atoms with Gasteiger partial charge in [-0.3, -0.25) is 9.59 Å². The van der Waals surface area contributed by atoms with Gasteiger partial charge < -0.3 is 10.4 Å². The number of hydrogen-bond acceptors (Lipinski definition) is 2. The molecule has 0 saturated heterocycles. The molecule has 0 heterocycles. The van der Waals surface area contributed by atoms with Crippen molar-refractivity contribution in [3.8, 4) is 0 Å². The minimum absolute atomic E-state index is 0.0391. The number of amides is 1. The van der Waals surface area contributed by atoms with Gasteiger partial charge in [0.15, 0.2) is 0 Å². The van der Waals surface area contributed by atoms with Crippen molar-refractivity contribution in [1.82, 2.24) is 5.32 Å². The molecule has 0 aliphatic carbocycles. The van der Waals surface area contributed by atoms with Gasteiger partial charge in [-0.05, 0) is 36.5 Å². The summed E-state index contributed by atoms with van der Waals surface area (Å²) >= 11 is 3.44. The second kappa shape index (κ2) is 8.04. The number of halogens is 1. The van der Waals surface area contributed by atoms with Crippen LogP contribution in [0.1, 0.15) is 30.9 Å². The van der Waals surface area contributed by atoms with Gasteiger partial charge in [0.25, 0.3) is 0 Å². The average molecular weight is 342 g/mol. The van der Waals surface area contributed by atoms with E-state index in [1.165, 1.54) is 0 Å². The molecule has 0 aromatic heterocycles. The molecular formula is C15H20BrNO3. The third-order valence-corrected chi connectivity index (χ3v) is 3.92. The van der Waals surface area contributed by atoms with Crippen molar-refractivity contribution >= 4 is 27.8 Å². The molecule has 1 amide bonds. The molecule has 5 heteroatoms. The Bertz CT molecular complexity index is 488. The van der Waals surface area contributed by atoms with Crippen LogP contribution in [-0.2, 0) is 16.0 Å². The number of carboxylic acids is 1. The van der Waals surface area contributed by atoms with Crippen LogP contribution in [0.25, 0.3) is 0 Å². The van der Waals surface area contributed by atoms with Gasteiger partial charge in [-0.1, -0.05) is 35.0 Å². The molecule has 0 aliphatic heterocycles. The molecule has 0 spiro atoms. The first kappa shape index (κ1) is 16.7. The first-order valence-electron chi connectivity index (χ1n) is 6.62. The van der Waals surface area contributed by atoms with E-state index < -0.39 is 5.97 Å². The highest BCUT2D eigenvalue weighted by molar-refractivity contribution is 9.10. The van der Waals surface area contributed by atoms with Gasteiger partial charge in [0.1, 0.15) is 0 Å². The molecule has 0 fully saturated rings. The zero-order valence-corrected chi connectivity index (χ0v) is 13.4. The Kier molecular flexibility index (Phi) is 6.71. The molecule has 4 nitrogen and oxygen atoms in total. The number of benzene rings is 1. The zero-order valence-electron chi connectivity index (χ0n) is 11.8. The van der Waals surface area contributed by atoms with Crippen LogP contribution in [-0.4, -0.2) is 23.5 Å². The van der Waals surface area contributed by atoms with Crippen molar-refractivity contribution in [3.05, 3.63) is 33.8 Å². The Morgan fingerprint density at radius 2 is 2.10 bits per heavy atom. The van der Waals surface area contributed by atoms with Crippen LogP contribution in [0.2, 0.25) is 0 Å². The summed E-state index contributed by atoms with van der Waals surface area (Å²) in [7, 11) is 0. The van der Waals surface area contributed by atoms with Crippen LogP contribution in [0.3, 0.4) is 0 Å². The predicted octanol–water partition coefficient (Wildman–Crippen LogP) is 2.92. The molecule has 0 bridgehead atoms. The number of aryl methyl sites for hydroxylation is 2. The summed E-state index contributed by atoms with van der Waals surface area (Å²) in [5.74, 6) is -0.925. The van der Waals surface area contributed by atoms with Crippen LogP contribution < -0.4 is 5.32 Å². The number of nitrogens with one attached hydrogen (secondary N) is 1. The van der Waals surface area contributed by atoms with Gasteiger partial charge in [0, 0.05) is 23.9 Å². The first-order chi connectivity index (χ1) is 9.38. The van der Waals surface area contributed by atoms with Gasteiger partial charge in [-0.2, -0.15) is 0 Å². The lowest BCUT2D eigenvalue weighted by Crippen LogP contribution is -2.29. The average Bonchev–Trinajstić information content (AvgIpc) is 2.37. The summed E-state index contributed by atoms with van der Waals surface area (Å²) < 4.78 is 1.06. The first-order valence-corrected chi connectivity index (χ1v) is 7.41. The van der Waals surface area contributed by atoms with Crippen LogP contribution in [0.15, 0.2) is 22.7 Å². The number of carbonyl (C=O) groups excluding carboxylic acids is 1. The molecule has 20 heavy (non-hydrogen) atoms. The summed E-state index contributed by atoms with van der Waals surface area (Å²) in [6.45, 7) is 4.23. The topological polar surface area (TPSA) is 66.4 Å². The fraction of sp³-hybridized carbons (Fsp3) is 0.467. The van der Waals surface area contributed by atoms with E-state index in [0.29, 0.717) is 19.4 Å². The van der Waals surface area contributed by atoms with Crippen molar-refractivity contribution in [3.63, 3.8) is 0 Å². The zero-order chi connectivity index (χ0) is 15.1. The monoisotopic (exact) mass is 341 g/mol. The Morgan fingerprint density at radius 3 is 2.70 bits per heavy atom. The minimum Gasteiger partial charge on any atom is -0.481 e. The Hall–Kier alpha value is -1.36. The normalized spacial score (nSPS) is 11.9. The Balaban J connectivity index is 2.32. The number of hydrogen-bond donors (Lipinski definition) is 2. The SMILES string of the molecule is Cc1cc(CCC(=O)NCC(C)CC(=O)O)ccc1Br. The molecule has 1 atom stereocenters. The summed E-state index contributed by atoms with van der Waals surface area (Å²) in [4.78, 5) is 22.2. The number of carboxylic acid groups (broad SMARTS) is 1. The second-order valence-corrected chi connectivity index (χ2v) is 5.94. The highest BCUT2D eigenvalue weighted by atomic mass is 79.9. The quantitative estimate of drug-likeness (QED) is 0.801. The van der Waals surface area contributed by atoms with Crippen LogP contribution in [0.4, 0.5) is 0 Å². The molecule has 0 radical (unpaired) electrons. The number of aliphatic carboxylic acids is 1. The van der Waals surface area contributed by atoms with Gasteiger partial charge >= 0.3 is 5.97 Å². The van der Waals surface area contributed by atoms with E-state index in [0.717, 1.165) is 15.6 Å². The maximum Gasteiger partial charge on any atom is 0.303 e. The molecule has 1 rings (SSSR count). The van der Waals surface area contributed by atoms with Crippen molar-refractivity contribution < 1.29 is 14.7 Å². The van der Waals surface area contributed by atoms with Crippen molar-refractivity contribution in [2.45, 2.75) is 33.1 Å². The van der Waals surface area contributed by atoms with E-state index in [1.54, 1.807) is 0 Å². The number of carbonyl (C=O) groups is 2. The van der Waals surface area contributed by atoms with Crippen molar-refractivity contribution in [2.75, 3.05) is 6.54 Å². The molecule has 2 N–H and O–H groups in total. The maximum absolute atomic E-state index is 11.7. The van der Waals surface area contributed by atoms with E-state index in [1.807, 2.05) is 26.0 Å². The largest absolute Gasteiger partial charge is 0.481 e. The minimum atomic E-state index is -0.836. The summed E-state index contributed by atoms with van der Waals surface area (Å²) in [6.07, 6.45) is 1.18. The lowest BCUT2D eigenvalue weighted by Gasteiger charge is -2.10. The molecule has 1 unspecified atom stereocenters. The summed E-state index contributed by atoms with van der Waals surface area (Å²) in [5.41, 5.74) is 2.28. The highest BCUT2D eigenvalue weighted by Gasteiger charge is 2.09. The lowest BCUT2D eigenvalue weighted by molar-refractivity contribution is -0.138. The van der Waals surface area contributed by atoms with E-state index in [9.17, 15) is 9.59 Å². The van der Waals surface area contributed by atoms with Gasteiger partial charge in [0.2, 0.25) is 5.91 Å². The smallest absolute Gasteiger partial charge is 0.303 e. The van der Waals surface area contributed by atoms with Crippen molar-refractivity contribution in [2.24, 2.45) is 5.92 Å².